The van der Waals surface area contributed by atoms with Crippen LogP contribution in [0.2, 0.25) is 0 Å². The summed E-state index contributed by atoms with van der Waals surface area (Å²) in [5.41, 5.74) is 0. The first-order valence-electron chi connectivity index (χ1n) is 6.73. The second-order valence-electron chi connectivity index (χ2n) is 5.63. The summed E-state index contributed by atoms with van der Waals surface area (Å²) >= 11 is 0. The summed E-state index contributed by atoms with van der Waals surface area (Å²) in [5, 5.41) is 9.84. The van der Waals surface area contributed by atoms with Crippen molar-refractivity contribution in [3.8, 4) is 0 Å². The van der Waals surface area contributed by atoms with Crippen LogP contribution in [0.3, 0.4) is 0 Å². The minimum absolute atomic E-state index is 0.0621. The van der Waals surface area contributed by atoms with Gasteiger partial charge in [0.15, 0.2) is 6.29 Å². The van der Waals surface area contributed by atoms with Crippen molar-refractivity contribution in [2.24, 2.45) is 11.8 Å². The minimum atomic E-state index is -0.645. The molecule has 104 valence electrons. The van der Waals surface area contributed by atoms with E-state index in [1.54, 1.807) is 7.11 Å². The molecule has 0 saturated carbocycles. The van der Waals surface area contributed by atoms with Crippen LogP contribution in [0, 0.1) is 11.8 Å². The molecule has 0 aromatic carbocycles. The third kappa shape index (κ3) is 8.58. The fourth-order valence-corrected chi connectivity index (χ4v) is 1.65. The van der Waals surface area contributed by atoms with Crippen LogP contribution in [0.15, 0.2) is 0 Å². The van der Waals surface area contributed by atoms with E-state index in [2.05, 4.69) is 27.7 Å². The van der Waals surface area contributed by atoms with Gasteiger partial charge in [0.05, 0.1) is 12.2 Å². The van der Waals surface area contributed by atoms with E-state index in [0.29, 0.717) is 18.3 Å². The van der Waals surface area contributed by atoms with Crippen molar-refractivity contribution >= 4 is 0 Å². The number of aliphatic hydroxyl groups excluding tert-OH is 1. The first-order valence-corrected chi connectivity index (χ1v) is 6.73. The summed E-state index contributed by atoms with van der Waals surface area (Å²) in [6, 6.07) is 0. The van der Waals surface area contributed by atoms with Gasteiger partial charge in [-0.15, -0.1) is 0 Å². The molecule has 0 aliphatic carbocycles. The van der Waals surface area contributed by atoms with E-state index in [9.17, 15) is 5.11 Å². The maximum absolute atomic E-state index is 9.84. The Labute approximate surface area is 107 Å². The quantitative estimate of drug-likeness (QED) is 0.635. The van der Waals surface area contributed by atoms with Gasteiger partial charge in [0.2, 0.25) is 0 Å². The van der Waals surface area contributed by atoms with Gasteiger partial charge in [0, 0.05) is 7.11 Å². The number of hydrogen-bond donors (Lipinski definition) is 1. The highest BCUT2D eigenvalue weighted by molar-refractivity contribution is 4.67. The molecule has 0 fully saturated rings. The van der Waals surface area contributed by atoms with Crippen molar-refractivity contribution in [1.82, 2.24) is 0 Å². The van der Waals surface area contributed by atoms with Gasteiger partial charge in [0.1, 0.15) is 0 Å². The van der Waals surface area contributed by atoms with Crippen LogP contribution in [-0.2, 0) is 9.47 Å². The van der Waals surface area contributed by atoms with Gasteiger partial charge in [-0.1, -0.05) is 27.7 Å². The van der Waals surface area contributed by atoms with Gasteiger partial charge in [-0.2, -0.15) is 0 Å². The fourth-order valence-electron chi connectivity index (χ4n) is 1.65. The molecule has 0 heterocycles. The normalized spacial score (nSPS) is 17.5. The molecule has 0 rings (SSSR count). The number of methoxy groups -OCH3 is 1. The van der Waals surface area contributed by atoms with Crippen LogP contribution in [-0.4, -0.2) is 30.7 Å². The Kier molecular flexibility index (Phi) is 8.83. The first-order chi connectivity index (χ1) is 7.86. The highest BCUT2D eigenvalue weighted by Crippen LogP contribution is 2.18. The Morgan fingerprint density at radius 3 is 2.00 bits per heavy atom. The first kappa shape index (κ1) is 16.9. The van der Waals surface area contributed by atoms with Crippen molar-refractivity contribution in [3.05, 3.63) is 0 Å². The van der Waals surface area contributed by atoms with E-state index < -0.39 is 6.29 Å². The Morgan fingerprint density at radius 2 is 1.59 bits per heavy atom. The number of hydrogen-bond acceptors (Lipinski definition) is 3. The summed E-state index contributed by atoms with van der Waals surface area (Å²) in [4.78, 5) is 0. The van der Waals surface area contributed by atoms with Gasteiger partial charge >= 0.3 is 0 Å². The molecule has 0 amide bonds. The molecule has 3 heteroatoms. The molecule has 17 heavy (non-hydrogen) atoms. The highest BCUT2D eigenvalue weighted by atomic mass is 16.6. The Morgan fingerprint density at radius 1 is 1.00 bits per heavy atom. The highest BCUT2D eigenvalue weighted by Gasteiger charge is 2.20. The molecule has 3 nitrogen and oxygen atoms in total. The summed E-state index contributed by atoms with van der Waals surface area (Å²) in [7, 11) is 1.71. The van der Waals surface area contributed by atoms with E-state index in [-0.39, 0.29) is 12.2 Å². The maximum atomic E-state index is 9.84. The second-order valence-corrected chi connectivity index (χ2v) is 5.63. The molecule has 3 atom stereocenters. The molecule has 0 aliphatic rings. The summed E-state index contributed by atoms with van der Waals surface area (Å²) < 4.78 is 11.0. The molecular formula is C14H30O3. The molecule has 1 N–H and O–H groups in total. The molecule has 0 aromatic heterocycles. The van der Waals surface area contributed by atoms with Crippen molar-refractivity contribution in [1.29, 1.82) is 0 Å². The lowest BCUT2D eigenvalue weighted by atomic mass is 10.0. The van der Waals surface area contributed by atoms with E-state index in [1.165, 1.54) is 0 Å². The molecule has 0 bridgehead atoms. The van der Waals surface area contributed by atoms with Gasteiger partial charge < -0.3 is 14.6 Å². The van der Waals surface area contributed by atoms with Crippen molar-refractivity contribution in [3.63, 3.8) is 0 Å². The zero-order chi connectivity index (χ0) is 13.4. The summed E-state index contributed by atoms with van der Waals surface area (Å²) in [6.07, 6.45) is 2.11. The Hall–Kier alpha value is -0.120. The van der Waals surface area contributed by atoms with Gasteiger partial charge in [0.25, 0.3) is 0 Å². The molecule has 0 aliphatic heterocycles. The average molecular weight is 246 g/mol. The molecule has 3 unspecified atom stereocenters. The van der Waals surface area contributed by atoms with E-state index in [4.69, 9.17) is 9.47 Å². The molecule has 0 spiro atoms. The van der Waals surface area contributed by atoms with Crippen LogP contribution in [0.4, 0.5) is 0 Å². The predicted octanol–water partition coefficient (Wildman–Crippen LogP) is 3.21. The largest absolute Gasteiger partial charge is 0.382 e. The predicted molar refractivity (Wildman–Crippen MR) is 70.9 cm³/mol. The molecule has 0 radical (unpaired) electrons. The van der Waals surface area contributed by atoms with Crippen molar-refractivity contribution in [2.45, 2.75) is 72.4 Å². The van der Waals surface area contributed by atoms with E-state index in [1.807, 2.05) is 6.92 Å². The lowest BCUT2D eigenvalue weighted by Gasteiger charge is -2.27. The molecule has 0 aromatic rings. The van der Waals surface area contributed by atoms with Crippen LogP contribution >= 0.6 is 0 Å². The van der Waals surface area contributed by atoms with E-state index >= 15 is 0 Å². The minimum Gasteiger partial charge on any atom is -0.382 e. The Balaban J connectivity index is 4.06. The van der Waals surface area contributed by atoms with Crippen molar-refractivity contribution in [2.75, 3.05) is 7.11 Å². The number of rotatable bonds is 9. The van der Waals surface area contributed by atoms with Crippen molar-refractivity contribution < 1.29 is 14.6 Å². The van der Waals surface area contributed by atoms with Crippen LogP contribution in [0.5, 0.6) is 0 Å². The monoisotopic (exact) mass is 246 g/mol. The average Bonchev–Trinajstić information content (AvgIpc) is 2.25. The lowest BCUT2D eigenvalue weighted by molar-refractivity contribution is -0.161. The topological polar surface area (TPSA) is 38.7 Å². The molecular weight excluding hydrogens is 216 g/mol. The standard InChI is InChI=1S/C14H30O3/c1-10(2)7-8-14(15)17-13(11(3)4)9-12(5)16-6/h10-15H,7-9H2,1-6H3. The van der Waals surface area contributed by atoms with Gasteiger partial charge in [-0.05, 0) is 38.0 Å². The third-order valence-electron chi connectivity index (χ3n) is 3.03. The number of aliphatic hydroxyl groups is 1. The van der Waals surface area contributed by atoms with Gasteiger partial charge in [-0.3, -0.25) is 0 Å². The summed E-state index contributed by atoms with van der Waals surface area (Å²) in [5.74, 6) is 0.991. The SMILES string of the molecule is COC(C)CC(OC(O)CCC(C)C)C(C)C. The number of ether oxygens (including phenoxy) is 2. The van der Waals surface area contributed by atoms with E-state index in [0.717, 1.165) is 12.8 Å². The Bertz CT molecular complexity index is 180. The second kappa shape index (κ2) is 8.90. The van der Waals surface area contributed by atoms with Gasteiger partial charge in [-0.25, -0.2) is 0 Å². The lowest BCUT2D eigenvalue weighted by Crippen LogP contribution is -2.30. The maximum Gasteiger partial charge on any atom is 0.154 e. The van der Waals surface area contributed by atoms with Crippen LogP contribution in [0.25, 0.3) is 0 Å². The smallest absolute Gasteiger partial charge is 0.154 e. The third-order valence-corrected chi connectivity index (χ3v) is 3.03. The zero-order valence-corrected chi connectivity index (χ0v) is 12.3. The fraction of sp³-hybridized carbons (Fsp3) is 1.00. The summed E-state index contributed by atoms with van der Waals surface area (Å²) in [6.45, 7) is 10.6. The van der Waals surface area contributed by atoms with Crippen LogP contribution in [0.1, 0.15) is 53.9 Å². The van der Waals surface area contributed by atoms with Crippen LogP contribution < -0.4 is 0 Å². The molecule has 0 saturated heterocycles. The zero-order valence-electron chi connectivity index (χ0n) is 12.3.